The third kappa shape index (κ3) is 1.04. The van der Waals surface area contributed by atoms with E-state index < -0.39 is 0 Å². The van der Waals surface area contributed by atoms with Gasteiger partial charge in [-0.05, 0) is 11.6 Å². The number of aliphatic hydroxyl groups excluding tert-OH is 1. The van der Waals surface area contributed by atoms with Crippen LogP contribution in [0.2, 0.25) is 0 Å². The van der Waals surface area contributed by atoms with Crippen LogP contribution in [0.4, 0.5) is 0 Å². The maximum absolute atomic E-state index is 9.66. The first kappa shape index (κ1) is 8.88. The van der Waals surface area contributed by atoms with Gasteiger partial charge in [0.2, 0.25) is 0 Å². The van der Waals surface area contributed by atoms with Gasteiger partial charge in [0.15, 0.2) is 0 Å². The van der Waals surface area contributed by atoms with Crippen molar-refractivity contribution in [3.63, 3.8) is 0 Å². The molecule has 2 heterocycles. The molecule has 0 fully saturated rings. The highest BCUT2D eigenvalue weighted by molar-refractivity contribution is 5.88. The molecule has 2 heteroatoms. The summed E-state index contributed by atoms with van der Waals surface area (Å²) < 4.78 is 2.17. The highest BCUT2D eigenvalue weighted by Gasteiger charge is 2.20. The summed E-state index contributed by atoms with van der Waals surface area (Å²) in [4.78, 5) is 0. The summed E-state index contributed by atoms with van der Waals surface area (Å²) in [6.07, 6.45) is 0. The van der Waals surface area contributed by atoms with Crippen molar-refractivity contribution in [2.45, 2.75) is 6.54 Å². The van der Waals surface area contributed by atoms with Crippen LogP contribution in [0.3, 0.4) is 0 Å². The van der Waals surface area contributed by atoms with Crippen LogP contribution in [0, 0.1) is 0 Å². The fourth-order valence-corrected chi connectivity index (χ4v) is 2.66. The van der Waals surface area contributed by atoms with Crippen molar-refractivity contribution < 1.29 is 5.11 Å². The molecule has 0 radical (unpaired) electrons. The SMILES string of the molecule is OC1=c2c3ccc(-c4ccccc4)c(c3)n2C1. The zero-order valence-corrected chi connectivity index (χ0v) is 9.22. The molecule has 0 atom stereocenters. The second kappa shape index (κ2) is 2.92. The third-order valence-corrected chi connectivity index (χ3v) is 3.50. The van der Waals surface area contributed by atoms with Crippen molar-refractivity contribution >= 4 is 16.7 Å². The Kier molecular flexibility index (Phi) is 1.52. The van der Waals surface area contributed by atoms with Gasteiger partial charge in [0, 0.05) is 10.9 Å². The molecule has 0 amide bonds. The van der Waals surface area contributed by atoms with Gasteiger partial charge in [-0.1, -0.05) is 42.5 Å². The van der Waals surface area contributed by atoms with E-state index in [0.717, 1.165) is 10.7 Å². The van der Waals surface area contributed by atoms with Gasteiger partial charge in [0.25, 0.3) is 0 Å². The highest BCUT2D eigenvalue weighted by Crippen LogP contribution is 2.29. The van der Waals surface area contributed by atoms with Gasteiger partial charge in [0.1, 0.15) is 5.76 Å². The van der Waals surface area contributed by atoms with E-state index in [1.807, 2.05) is 6.07 Å². The van der Waals surface area contributed by atoms with E-state index in [-0.39, 0.29) is 0 Å². The number of aromatic nitrogens is 1. The molecular formula is C15H11NO. The summed E-state index contributed by atoms with van der Waals surface area (Å²) in [6.45, 7) is 0.642. The van der Waals surface area contributed by atoms with E-state index in [2.05, 4.69) is 47.0 Å². The van der Waals surface area contributed by atoms with Crippen LogP contribution in [-0.4, -0.2) is 9.67 Å². The predicted molar refractivity (Wildman–Crippen MR) is 68.6 cm³/mol. The number of rotatable bonds is 1. The Morgan fingerprint density at radius 2 is 1.82 bits per heavy atom. The van der Waals surface area contributed by atoms with Crippen LogP contribution in [0.15, 0.2) is 48.5 Å². The topological polar surface area (TPSA) is 25.2 Å². The molecule has 17 heavy (non-hydrogen) atoms. The number of hydrogen-bond donors (Lipinski definition) is 1. The Bertz CT molecular complexity index is 768. The molecule has 82 valence electrons. The van der Waals surface area contributed by atoms with Crippen molar-refractivity contribution in [2.24, 2.45) is 0 Å². The van der Waals surface area contributed by atoms with Crippen LogP contribution in [0.1, 0.15) is 0 Å². The van der Waals surface area contributed by atoms with E-state index in [1.165, 1.54) is 16.6 Å². The van der Waals surface area contributed by atoms with Gasteiger partial charge in [-0.15, -0.1) is 0 Å². The quantitative estimate of drug-likeness (QED) is 0.671. The van der Waals surface area contributed by atoms with E-state index >= 15 is 0 Å². The summed E-state index contributed by atoms with van der Waals surface area (Å²) in [5, 5.41) is 11.8. The molecule has 1 aliphatic heterocycles. The van der Waals surface area contributed by atoms with Gasteiger partial charge in [-0.3, -0.25) is 0 Å². The van der Waals surface area contributed by atoms with Crippen molar-refractivity contribution in [3.05, 3.63) is 53.9 Å². The Hall–Kier alpha value is -2.22. The average Bonchev–Trinajstić information content (AvgIpc) is 2.58. The van der Waals surface area contributed by atoms with E-state index in [9.17, 15) is 5.11 Å². The summed E-state index contributed by atoms with van der Waals surface area (Å²) in [6, 6.07) is 16.7. The van der Waals surface area contributed by atoms with Crippen molar-refractivity contribution in [1.82, 2.24) is 4.57 Å². The van der Waals surface area contributed by atoms with E-state index in [0.29, 0.717) is 12.3 Å². The van der Waals surface area contributed by atoms with Crippen LogP contribution in [0.25, 0.3) is 27.8 Å². The molecular weight excluding hydrogens is 210 g/mol. The molecule has 0 spiro atoms. The number of hydrogen-bond acceptors (Lipinski definition) is 1. The molecule has 0 saturated heterocycles. The largest absolute Gasteiger partial charge is 0.508 e. The molecule has 1 aromatic heterocycles. The van der Waals surface area contributed by atoms with Gasteiger partial charge in [0.05, 0.1) is 17.4 Å². The second-order valence-electron chi connectivity index (χ2n) is 4.48. The Balaban J connectivity index is 2.09. The standard InChI is InChI=1S/C15H11NO/c17-14-9-16-13-8-11(15(14)16)6-7-12(13)10-4-2-1-3-5-10/h1-8,17H,9H2. The fourth-order valence-electron chi connectivity index (χ4n) is 2.66. The molecule has 2 aromatic carbocycles. The minimum absolute atomic E-state index is 0.505. The molecule has 0 saturated carbocycles. The maximum atomic E-state index is 9.66. The number of fused-ring (bicyclic) bond motifs is 5. The predicted octanol–water partition coefficient (Wildman–Crippen LogP) is 2.71. The van der Waals surface area contributed by atoms with Crippen LogP contribution >= 0.6 is 0 Å². The lowest BCUT2D eigenvalue weighted by Gasteiger charge is -2.15. The molecule has 0 unspecified atom stereocenters. The van der Waals surface area contributed by atoms with Crippen molar-refractivity contribution in [2.75, 3.05) is 0 Å². The van der Waals surface area contributed by atoms with Gasteiger partial charge in [-0.2, -0.15) is 0 Å². The first-order valence-corrected chi connectivity index (χ1v) is 5.74. The van der Waals surface area contributed by atoms with E-state index in [4.69, 9.17) is 0 Å². The second-order valence-corrected chi connectivity index (χ2v) is 4.48. The minimum Gasteiger partial charge on any atom is -0.508 e. The summed E-state index contributed by atoms with van der Waals surface area (Å²) in [5.41, 5.74) is 3.67. The third-order valence-electron chi connectivity index (χ3n) is 3.50. The number of aliphatic hydroxyl groups is 1. The normalized spacial score (nSPS) is 13.8. The lowest BCUT2D eigenvalue weighted by Crippen LogP contribution is -2.31. The monoisotopic (exact) mass is 221 g/mol. The highest BCUT2D eigenvalue weighted by atomic mass is 16.3. The Morgan fingerprint density at radius 3 is 2.59 bits per heavy atom. The summed E-state index contributed by atoms with van der Waals surface area (Å²) in [7, 11) is 0. The van der Waals surface area contributed by atoms with Crippen LogP contribution in [-0.2, 0) is 6.54 Å². The zero-order chi connectivity index (χ0) is 11.4. The molecule has 4 rings (SSSR count). The van der Waals surface area contributed by atoms with Gasteiger partial charge >= 0.3 is 0 Å². The Morgan fingerprint density at radius 1 is 1.00 bits per heavy atom. The number of benzene rings is 2. The van der Waals surface area contributed by atoms with Crippen LogP contribution in [0.5, 0.6) is 0 Å². The molecule has 2 bridgehead atoms. The summed E-state index contributed by atoms with van der Waals surface area (Å²) in [5.74, 6) is 0.505. The first-order chi connectivity index (χ1) is 8.34. The Labute approximate surface area is 98.4 Å². The van der Waals surface area contributed by atoms with Crippen molar-refractivity contribution in [3.8, 4) is 11.1 Å². The molecule has 1 N–H and O–H groups in total. The minimum atomic E-state index is 0.505. The summed E-state index contributed by atoms with van der Waals surface area (Å²) >= 11 is 0. The van der Waals surface area contributed by atoms with Crippen molar-refractivity contribution in [1.29, 1.82) is 0 Å². The van der Waals surface area contributed by atoms with E-state index in [1.54, 1.807) is 0 Å². The zero-order valence-electron chi connectivity index (χ0n) is 9.22. The number of nitrogens with zero attached hydrogens (tertiary/aromatic N) is 1. The molecule has 0 aliphatic carbocycles. The van der Waals surface area contributed by atoms with Gasteiger partial charge in [-0.25, -0.2) is 0 Å². The van der Waals surface area contributed by atoms with Crippen LogP contribution < -0.4 is 5.35 Å². The fraction of sp³-hybridized carbons (Fsp3) is 0.0667. The molecule has 2 nitrogen and oxygen atoms in total. The van der Waals surface area contributed by atoms with Gasteiger partial charge < -0.3 is 9.67 Å². The average molecular weight is 221 g/mol. The molecule has 3 aromatic rings. The lowest BCUT2D eigenvalue weighted by molar-refractivity contribution is 0.435. The molecule has 1 aliphatic rings. The maximum Gasteiger partial charge on any atom is 0.136 e. The smallest absolute Gasteiger partial charge is 0.136 e. The lowest BCUT2D eigenvalue weighted by atomic mass is 10.0. The first-order valence-electron chi connectivity index (χ1n) is 5.74.